The van der Waals surface area contributed by atoms with Crippen LogP contribution in [0.15, 0.2) is 30.5 Å². The van der Waals surface area contributed by atoms with E-state index in [4.69, 9.17) is 4.74 Å². The van der Waals surface area contributed by atoms with E-state index in [0.717, 1.165) is 11.6 Å². The molecular weight excluding hydrogens is 186 g/mol. The molecule has 0 unspecified atom stereocenters. The molecule has 1 aromatic carbocycles. The molecular formula is C13H14NO. The number of aryl methyl sites for hydroxylation is 3. The molecule has 0 aliphatic carbocycles. The highest BCUT2D eigenvalue weighted by Crippen LogP contribution is 2.23. The summed E-state index contributed by atoms with van der Waals surface area (Å²) in [5.41, 5.74) is 2.52. The van der Waals surface area contributed by atoms with E-state index < -0.39 is 0 Å². The van der Waals surface area contributed by atoms with Gasteiger partial charge in [-0.25, -0.2) is 0 Å². The van der Waals surface area contributed by atoms with Gasteiger partial charge in [0.25, 0.3) is 0 Å². The van der Waals surface area contributed by atoms with Gasteiger partial charge in [-0.15, -0.1) is 0 Å². The second-order valence-electron chi connectivity index (χ2n) is 3.74. The summed E-state index contributed by atoms with van der Waals surface area (Å²) in [5.74, 6) is 1.67. The average molecular weight is 200 g/mol. The molecule has 1 aromatic heterocycles. The Morgan fingerprint density at radius 3 is 2.60 bits per heavy atom. The summed E-state index contributed by atoms with van der Waals surface area (Å²) in [6.07, 6.45) is 1.84. The highest BCUT2D eigenvalue weighted by molar-refractivity contribution is 5.35. The van der Waals surface area contributed by atoms with Gasteiger partial charge >= 0.3 is 0 Å². The molecule has 0 saturated carbocycles. The lowest BCUT2D eigenvalue weighted by Gasteiger charge is -2.08. The van der Waals surface area contributed by atoms with Gasteiger partial charge in [-0.05, 0) is 37.1 Å². The minimum atomic E-state index is 0.804. The van der Waals surface area contributed by atoms with E-state index in [1.54, 1.807) is 0 Å². The SMILES string of the molecule is Cc1ccc(Oc2c[c]cn2C)cc1C. The third kappa shape index (κ3) is 2.04. The number of aromatic nitrogens is 1. The van der Waals surface area contributed by atoms with Crippen molar-refractivity contribution in [3.05, 3.63) is 47.7 Å². The first-order valence-corrected chi connectivity index (χ1v) is 4.94. The van der Waals surface area contributed by atoms with Crippen LogP contribution in [-0.4, -0.2) is 4.57 Å². The Bertz CT molecular complexity index is 471. The van der Waals surface area contributed by atoms with Crippen LogP contribution in [0.3, 0.4) is 0 Å². The van der Waals surface area contributed by atoms with Gasteiger partial charge in [0.15, 0.2) is 5.88 Å². The van der Waals surface area contributed by atoms with Crippen molar-refractivity contribution in [1.29, 1.82) is 0 Å². The zero-order valence-electron chi connectivity index (χ0n) is 9.24. The molecule has 0 spiro atoms. The van der Waals surface area contributed by atoms with Gasteiger partial charge in [0.05, 0.1) is 0 Å². The summed E-state index contributed by atoms with van der Waals surface area (Å²) >= 11 is 0. The Labute approximate surface area is 90.1 Å². The first-order valence-electron chi connectivity index (χ1n) is 4.94. The monoisotopic (exact) mass is 200 g/mol. The molecule has 0 aliphatic rings. The summed E-state index contributed by atoms with van der Waals surface area (Å²) in [6.45, 7) is 4.18. The molecule has 0 N–H and O–H groups in total. The Hall–Kier alpha value is -1.70. The second kappa shape index (κ2) is 3.81. The van der Waals surface area contributed by atoms with Crippen LogP contribution < -0.4 is 4.74 Å². The summed E-state index contributed by atoms with van der Waals surface area (Å²) < 4.78 is 7.61. The molecule has 0 saturated heterocycles. The van der Waals surface area contributed by atoms with Crippen molar-refractivity contribution in [1.82, 2.24) is 4.57 Å². The molecule has 2 aromatic rings. The van der Waals surface area contributed by atoms with Crippen LogP contribution in [0.5, 0.6) is 11.6 Å². The number of hydrogen-bond donors (Lipinski definition) is 0. The van der Waals surface area contributed by atoms with Crippen molar-refractivity contribution >= 4 is 0 Å². The van der Waals surface area contributed by atoms with Gasteiger partial charge < -0.3 is 9.30 Å². The van der Waals surface area contributed by atoms with Gasteiger partial charge in [-0.2, -0.15) is 0 Å². The third-order valence-electron chi connectivity index (χ3n) is 2.52. The molecule has 1 radical (unpaired) electrons. The lowest BCUT2D eigenvalue weighted by atomic mass is 10.1. The lowest BCUT2D eigenvalue weighted by Crippen LogP contribution is -1.92. The largest absolute Gasteiger partial charge is 0.441 e. The third-order valence-corrected chi connectivity index (χ3v) is 2.52. The molecule has 2 heteroatoms. The van der Waals surface area contributed by atoms with Gasteiger partial charge in [0.1, 0.15) is 5.75 Å². The van der Waals surface area contributed by atoms with Crippen LogP contribution in [0.1, 0.15) is 11.1 Å². The summed E-state index contributed by atoms with van der Waals surface area (Å²) in [6, 6.07) is 10.9. The summed E-state index contributed by atoms with van der Waals surface area (Å²) in [7, 11) is 1.94. The lowest BCUT2D eigenvalue weighted by molar-refractivity contribution is 0.443. The first kappa shape index (κ1) is 9.84. The average Bonchev–Trinajstić information content (AvgIpc) is 2.59. The smallest absolute Gasteiger partial charge is 0.200 e. The maximum Gasteiger partial charge on any atom is 0.200 e. The summed E-state index contributed by atoms with van der Waals surface area (Å²) in [4.78, 5) is 0. The van der Waals surface area contributed by atoms with E-state index in [1.165, 1.54) is 11.1 Å². The van der Waals surface area contributed by atoms with E-state index >= 15 is 0 Å². The zero-order valence-corrected chi connectivity index (χ0v) is 9.24. The minimum absolute atomic E-state index is 0.804. The van der Waals surface area contributed by atoms with Crippen LogP contribution in [0.25, 0.3) is 0 Å². The first-order chi connectivity index (χ1) is 7.16. The molecule has 0 bridgehead atoms. The number of nitrogens with zero attached hydrogens (tertiary/aromatic N) is 1. The van der Waals surface area contributed by atoms with E-state index in [0.29, 0.717) is 0 Å². The highest BCUT2D eigenvalue weighted by Gasteiger charge is 2.01. The van der Waals surface area contributed by atoms with Crippen molar-refractivity contribution in [2.24, 2.45) is 7.05 Å². The number of rotatable bonds is 2. The second-order valence-corrected chi connectivity index (χ2v) is 3.74. The van der Waals surface area contributed by atoms with E-state index in [-0.39, 0.29) is 0 Å². The topological polar surface area (TPSA) is 14.2 Å². The van der Waals surface area contributed by atoms with Gasteiger partial charge in [-0.1, -0.05) is 6.07 Å². The highest BCUT2D eigenvalue weighted by atomic mass is 16.5. The maximum absolute atomic E-state index is 5.72. The molecule has 0 amide bonds. The predicted molar refractivity (Wildman–Crippen MR) is 60.2 cm³/mol. The fourth-order valence-electron chi connectivity index (χ4n) is 1.39. The van der Waals surface area contributed by atoms with Crippen molar-refractivity contribution in [2.75, 3.05) is 0 Å². The Morgan fingerprint density at radius 2 is 2.00 bits per heavy atom. The predicted octanol–water partition coefficient (Wildman–Crippen LogP) is 3.23. The van der Waals surface area contributed by atoms with Crippen molar-refractivity contribution in [2.45, 2.75) is 13.8 Å². The molecule has 15 heavy (non-hydrogen) atoms. The molecule has 0 aliphatic heterocycles. The standard InChI is InChI=1S/C13H14NO/c1-10-6-7-12(9-11(10)2)15-13-5-4-8-14(13)3/h5-9H,1-3H3. The number of hydrogen-bond acceptors (Lipinski definition) is 1. The van der Waals surface area contributed by atoms with E-state index in [1.807, 2.05) is 36.0 Å². The zero-order chi connectivity index (χ0) is 10.8. The van der Waals surface area contributed by atoms with Crippen molar-refractivity contribution in [3.63, 3.8) is 0 Å². The molecule has 0 fully saturated rings. The fraction of sp³-hybridized carbons (Fsp3) is 0.231. The minimum Gasteiger partial charge on any atom is -0.441 e. The molecule has 2 nitrogen and oxygen atoms in total. The normalized spacial score (nSPS) is 10.3. The van der Waals surface area contributed by atoms with E-state index in [2.05, 4.69) is 26.0 Å². The van der Waals surface area contributed by atoms with Crippen LogP contribution in [0, 0.1) is 19.9 Å². The molecule has 2 rings (SSSR count). The fourth-order valence-corrected chi connectivity index (χ4v) is 1.39. The molecule has 0 atom stereocenters. The number of ether oxygens (including phenoxy) is 1. The molecule has 77 valence electrons. The van der Waals surface area contributed by atoms with Gasteiger partial charge in [0.2, 0.25) is 0 Å². The summed E-state index contributed by atoms with van der Waals surface area (Å²) in [5, 5.41) is 0. The Kier molecular flexibility index (Phi) is 2.50. The van der Waals surface area contributed by atoms with Gasteiger partial charge in [-0.3, -0.25) is 0 Å². The van der Waals surface area contributed by atoms with Crippen molar-refractivity contribution < 1.29 is 4.74 Å². The number of benzene rings is 1. The van der Waals surface area contributed by atoms with Crippen LogP contribution in [0.4, 0.5) is 0 Å². The quantitative estimate of drug-likeness (QED) is 0.726. The van der Waals surface area contributed by atoms with E-state index in [9.17, 15) is 0 Å². The molecule has 1 heterocycles. The Balaban J connectivity index is 2.25. The Morgan fingerprint density at radius 1 is 1.20 bits per heavy atom. The maximum atomic E-state index is 5.72. The van der Waals surface area contributed by atoms with Crippen molar-refractivity contribution in [3.8, 4) is 11.6 Å². The van der Waals surface area contributed by atoms with Crippen LogP contribution >= 0.6 is 0 Å². The van der Waals surface area contributed by atoms with Crippen LogP contribution in [-0.2, 0) is 7.05 Å². The van der Waals surface area contributed by atoms with Gasteiger partial charge in [0, 0.05) is 25.4 Å². The van der Waals surface area contributed by atoms with Crippen LogP contribution in [0.2, 0.25) is 0 Å².